The van der Waals surface area contributed by atoms with Crippen molar-refractivity contribution in [1.29, 1.82) is 0 Å². The summed E-state index contributed by atoms with van der Waals surface area (Å²) in [4.78, 5) is 2.56. The highest BCUT2D eigenvalue weighted by molar-refractivity contribution is 7.25. The van der Waals surface area contributed by atoms with E-state index in [2.05, 4.69) is 191 Å². The van der Waals surface area contributed by atoms with Crippen molar-refractivity contribution in [2.45, 2.75) is 141 Å². The molecule has 1 nitrogen and oxygen atoms in total. The fourth-order valence-electron chi connectivity index (χ4n) is 12.2. The Kier molecular flexibility index (Phi) is 7.68. The predicted molar refractivity (Wildman–Crippen MR) is 260 cm³/mol. The van der Waals surface area contributed by atoms with Crippen molar-refractivity contribution >= 4 is 48.6 Å². The number of fused-ring (bicyclic) bond motifs is 11. The van der Waals surface area contributed by atoms with Crippen molar-refractivity contribution < 1.29 is 0 Å². The molecule has 0 unspecified atom stereocenters. The van der Waals surface area contributed by atoms with E-state index in [9.17, 15) is 0 Å². The van der Waals surface area contributed by atoms with Crippen LogP contribution in [0.2, 0.25) is 0 Å². The van der Waals surface area contributed by atoms with Gasteiger partial charge >= 0.3 is 0 Å². The van der Waals surface area contributed by atoms with Gasteiger partial charge in [0.15, 0.2) is 0 Å². The summed E-state index contributed by atoms with van der Waals surface area (Å²) in [6.07, 6.45) is 4.88. The van der Waals surface area contributed by atoms with Gasteiger partial charge in [0.1, 0.15) is 0 Å². The summed E-state index contributed by atoms with van der Waals surface area (Å²) in [5, 5.41) is 2.75. The number of rotatable bonds is 3. The first kappa shape index (κ1) is 38.3. The van der Waals surface area contributed by atoms with Crippen molar-refractivity contribution in [3.8, 4) is 22.3 Å². The molecule has 4 aliphatic rings. The standard InChI is InChI=1S/C58H61NS/c1-53(2)23-25-55(5,6)49-32-46-40(30-47(49)53)39-27-34(18-21-44(39)58(46,11)12)59(36-17-20-38-37-15-13-14-16-43(37)57(9,10)45(38)29-36)35-19-22-51-41(28-35)42-31-48-50(33-52(42)60-51)56(7,8)26-24-54(48,3)4/h13-22,27-33H,23-26H2,1-12H3. The van der Waals surface area contributed by atoms with Gasteiger partial charge in [-0.2, -0.15) is 0 Å². The van der Waals surface area contributed by atoms with Gasteiger partial charge in [-0.15, -0.1) is 11.3 Å². The third-order valence-electron chi connectivity index (χ3n) is 16.4. The lowest BCUT2D eigenvalue weighted by Gasteiger charge is -2.42. The summed E-state index contributed by atoms with van der Waals surface area (Å²) in [5.74, 6) is 0. The third-order valence-corrected chi connectivity index (χ3v) is 17.5. The molecule has 60 heavy (non-hydrogen) atoms. The number of nitrogens with zero attached hydrogens (tertiary/aromatic N) is 1. The zero-order valence-electron chi connectivity index (χ0n) is 38.0. The minimum atomic E-state index is -0.0959. The lowest BCUT2D eigenvalue weighted by molar-refractivity contribution is 0.331. The molecular weight excluding hydrogens is 743 g/mol. The Bertz CT molecular complexity index is 2990. The number of thiophene rings is 1. The Morgan fingerprint density at radius 2 is 0.817 bits per heavy atom. The molecule has 0 atom stereocenters. The first-order valence-electron chi connectivity index (χ1n) is 22.6. The minimum absolute atomic E-state index is 0.0833. The molecule has 304 valence electrons. The van der Waals surface area contributed by atoms with E-state index in [1.54, 1.807) is 5.56 Å². The summed E-state index contributed by atoms with van der Waals surface area (Å²) in [5.41, 5.74) is 21.5. The van der Waals surface area contributed by atoms with Crippen LogP contribution in [0, 0.1) is 0 Å². The van der Waals surface area contributed by atoms with Crippen LogP contribution in [0.5, 0.6) is 0 Å². The van der Waals surface area contributed by atoms with Gasteiger partial charge in [0.05, 0.1) is 0 Å². The van der Waals surface area contributed by atoms with E-state index in [1.165, 1.54) is 124 Å². The first-order chi connectivity index (χ1) is 28.2. The van der Waals surface area contributed by atoms with Crippen LogP contribution in [-0.4, -0.2) is 0 Å². The summed E-state index contributed by atoms with van der Waals surface area (Å²) < 4.78 is 2.76. The highest BCUT2D eigenvalue weighted by atomic mass is 32.1. The van der Waals surface area contributed by atoms with Crippen molar-refractivity contribution in [3.05, 3.63) is 148 Å². The van der Waals surface area contributed by atoms with Gasteiger partial charge in [-0.3, -0.25) is 0 Å². The Morgan fingerprint density at radius 3 is 1.50 bits per heavy atom. The lowest BCUT2D eigenvalue weighted by atomic mass is 9.62. The molecule has 0 spiro atoms. The second-order valence-corrected chi connectivity index (χ2v) is 23.8. The van der Waals surface area contributed by atoms with E-state index in [0.29, 0.717) is 0 Å². The maximum absolute atomic E-state index is 2.61. The van der Waals surface area contributed by atoms with Crippen LogP contribution < -0.4 is 4.90 Å². The first-order valence-corrected chi connectivity index (χ1v) is 23.4. The van der Waals surface area contributed by atoms with Crippen LogP contribution in [0.25, 0.3) is 42.4 Å². The fourth-order valence-corrected chi connectivity index (χ4v) is 13.3. The van der Waals surface area contributed by atoms with Gasteiger partial charge in [0, 0.05) is 48.1 Å². The quantitative estimate of drug-likeness (QED) is 0.172. The molecular formula is C58H61NS. The van der Waals surface area contributed by atoms with Crippen LogP contribution in [0.15, 0.2) is 103 Å². The molecule has 6 aromatic carbocycles. The van der Waals surface area contributed by atoms with E-state index in [1.807, 2.05) is 11.3 Å². The summed E-state index contributed by atoms with van der Waals surface area (Å²) in [6, 6.07) is 41.3. The molecule has 0 saturated heterocycles. The SMILES string of the molecule is CC1(C)CCC(C)(C)c2cc3c(cc21)-c1cc(N(c2ccc4c(c2)C(C)(C)c2ccccc2-4)c2ccc4sc5cc6c(cc5c4c2)C(C)(C)CCC6(C)C)ccc1C3(C)C. The Balaban J connectivity index is 1.14. The van der Waals surface area contributed by atoms with E-state index in [0.717, 1.165) is 0 Å². The van der Waals surface area contributed by atoms with E-state index in [-0.39, 0.29) is 32.5 Å². The van der Waals surface area contributed by atoms with Gasteiger partial charge in [-0.05, 0) is 175 Å². The highest BCUT2D eigenvalue weighted by Crippen LogP contribution is 2.57. The van der Waals surface area contributed by atoms with Crippen LogP contribution >= 0.6 is 11.3 Å². The molecule has 11 rings (SSSR count). The summed E-state index contributed by atoms with van der Waals surface area (Å²) >= 11 is 1.96. The van der Waals surface area contributed by atoms with E-state index < -0.39 is 0 Å². The van der Waals surface area contributed by atoms with Crippen molar-refractivity contribution in [3.63, 3.8) is 0 Å². The maximum atomic E-state index is 2.61. The van der Waals surface area contributed by atoms with Crippen molar-refractivity contribution in [1.82, 2.24) is 0 Å². The van der Waals surface area contributed by atoms with Gasteiger partial charge in [0.2, 0.25) is 0 Å². The number of hydrogen-bond donors (Lipinski definition) is 0. The molecule has 1 heterocycles. The third kappa shape index (κ3) is 5.22. The fraction of sp³-hybridized carbons (Fsp3) is 0.379. The molecule has 0 fully saturated rings. The average Bonchev–Trinajstić information content (AvgIpc) is 3.76. The number of anilines is 3. The van der Waals surface area contributed by atoms with Gasteiger partial charge in [-0.25, -0.2) is 0 Å². The smallest absolute Gasteiger partial charge is 0.0468 e. The minimum Gasteiger partial charge on any atom is -0.310 e. The van der Waals surface area contributed by atoms with Gasteiger partial charge < -0.3 is 4.90 Å². The Labute approximate surface area is 362 Å². The summed E-state index contributed by atoms with van der Waals surface area (Å²) in [6.45, 7) is 29.3. The second kappa shape index (κ2) is 12.0. The average molecular weight is 804 g/mol. The molecule has 0 N–H and O–H groups in total. The van der Waals surface area contributed by atoms with Crippen LogP contribution in [-0.2, 0) is 32.5 Å². The molecule has 0 bridgehead atoms. The zero-order chi connectivity index (χ0) is 42.1. The van der Waals surface area contributed by atoms with Crippen molar-refractivity contribution in [2.24, 2.45) is 0 Å². The largest absolute Gasteiger partial charge is 0.310 e. The molecule has 1 aromatic heterocycles. The normalized spacial score (nSPS) is 20.2. The monoisotopic (exact) mass is 803 g/mol. The van der Waals surface area contributed by atoms with Crippen LogP contribution in [0.1, 0.15) is 153 Å². The molecule has 0 aliphatic heterocycles. The molecule has 4 aliphatic carbocycles. The Hall–Kier alpha value is -4.66. The predicted octanol–water partition coefficient (Wildman–Crippen LogP) is 16.8. The lowest BCUT2D eigenvalue weighted by Crippen LogP contribution is -2.34. The highest BCUT2D eigenvalue weighted by Gasteiger charge is 2.43. The molecule has 0 saturated carbocycles. The molecule has 7 aromatic rings. The van der Waals surface area contributed by atoms with Gasteiger partial charge in [-0.1, -0.05) is 126 Å². The zero-order valence-corrected chi connectivity index (χ0v) is 38.8. The Morgan fingerprint density at radius 1 is 0.350 bits per heavy atom. The van der Waals surface area contributed by atoms with E-state index in [4.69, 9.17) is 0 Å². The summed E-state index contributed by atoms with van der Waals surface area (Å²) in [7, 11) is 0. The van der Waals surface area contributed by atoms with Crippen molar-refractivity contribution in [2.75, 3.05) is 4.90 Å². The van der Waals surface area contributed by atoms with Crippen LogP contribution in [0.3, 0.4) is 0 Å². The number of benzene rings is 6. The molecule has 2 heteroatoms. The maximum Gasteiger partial charge on any atom is 0.0468 e. The topological polar surface area (TPSA) is 3.24 Å². The second-order valence-electron chi connectivity index (χ2n) is 22.7. The van der Waals surface area contributed by atoms with Gasteiger partial charge in [0.25, 0.3) is 0 Å². The number of hydrogen-bond acceptors (Lipinski definition) is 2. The van der Waals surface area contributed by atoms with Crippen LogP contribution in [0.4, 0.5) is 17.1 Å². The molecule has 0 amide bonds. The molecule has 0 radical (unpaired) electrons. The van der Waals surface area contributed by atoms with E-state index >= 15 is 0 Å².